The molecule has 2 aliphatic heterocycles. The maximum absolute atomic E-state index is 12.8. The molecule has 0 unspecified atom stereocenters. The average molecular weight is 383 g/mol. The Balaban J connectivity index is 1.35. The van der Waals surface area contributed by atoms with E-state index in [-0.39, 0.29) is 11.5 Å². The lowest BCUT2D eigenvalue weighted by Crippen LogP contribution is -2.44. The molecule has 1 amide bonds. The number of aromatic amines is 1. The lowest BCUT2D eigenvalue weighted by atomic mass is 9.83. The summed E-state index contributed by atoms with van der Waals surface area (Å²) in [4.78, 5) is 19.0. The Kier molecular flexibility index (Phi) is 4.18. The topological polar surface area (TPSA) is 91.9 Å². The maximum Gasteiger partial charge on any atom is 0.261 e. The fourth-order valence-electron chi connectivity index (χ4n) is 4.07. The van der Waals surface area contributed by atoms with Crippen LogP contribution in [-0.4, -0.2) is 40.8 Å². The zero-order chi connectivity index (χ0) is 18.3. The molecule has 1 fully saturated rings. The first-order valence-electron chi connectivity index (χ1n) is 9.29. The Morgan fingerprint density at radius 2 is 2.26 bits per heavy atom. The van der Waals surface area contributed by atoms with Crippen molar-refractivity contribution in [2.24, 2.45) is 0 Å². The van der Waals surface area contributed by atoms with Crippen LogP contribution in [0.4, 0.5) is 0 Å². The van der Waals surface area contributed by atoms with E-state index < -0.39 is 0 Å². The van der Waals surface area contributed by atoms with Gasteiger partial charge in [0.2, 0.25) is 0 Å². The van der Waals surface area contributed by atoms with Gasteiger partial charge in [-0.1, -0.05) is 0 Å². The molecule has 8 heteroatoms. The molecule has 5 heterocycles. The van der Waals surface area contributed by atoms with Gasteiger partial charge < -0.3 is 15.4 Å². The van der Waals surface area contributed by atoms with Gasteiger partial charge in [0.25, 0.3) is 5.91 Å². The summed E-state index contributed by atoms with van der Waals surface area (Å²) in [6.45, 7) is 3.05. The van der Waals surface area contributed by atoms with Crippen LogP contribution in [0, 0.1) is 0 Å². The van der Waals surface area contributed by atoms with Crippen molar-refractivity contribution in [2.75, 3.05) is 19.7 Å². The van der Waals surface area contributed by atoms with Crippen molar-refractivity contribution in [2.45, 2.75) is 31.4 Å². The molecule has 0 atom stereocenters. The third kappa shape index (κ3) is 2.93. The molecule has 2 aliphatic rings. The first-order chi connectivity index (χ1) is 13.3. The van der Waals surface area contributed by atoms with E-state index >= 15 is 0 Å². The highest BCUT2D eigenvalue weighted by atomic mass is 32.1. The molecule has 0 aliphatic carbocycles. The molecule has 0 aromatic carbocycles. The summed E-state index contributed by atoms with van der Waals surface area (Å²) >= 11 is 1.60. The van der Waals surface area contributed by atoms with Crippen LogP contribution in [0.3, 0.4) is 0 Å². The fraction of sp³-hybridized carbons (Fsp3) is 0.421. The smallest absolute Gasteiger partial charge is 0.261 e. The Labute approximate surface area is 160 Å². The summed E-state index contributed by atoms with van der Waals surface area (Å²) < 4.78 is 6.21. The summed E-state index contributed by atoms with van der Waals surface area (Å²) in [5, 5.41) is 14.5. The van der Waals surface area contributed by atoms with Crippen molar-refractivity contribution >= 4 is 28.3 Å². The number of rotatable bonds is 3. The quantitative estimate of drug-likeness (QED) is 0.644. The van der Waals surface area contributed by atoms with Gasteiger partial charge in [-0.25, -0.2) is 4.98 Å². The van der Waals surface area contributed by atoms with E-state index in [1.807, 2.05) is 18.2 Å². The van der Waals surface area contributed by atoms with E-state index in [9.17, 15) is 4.79 Å². The van der Waals surface area contributed by atoms with E-state index in [0.717, 1.165) is 54.9 Å². The molecular formula is C19H21N5O2S. The molecule has 3 aromatic heterocycles. The Hall–Kier alpha value is -2.29. The Morgan fingerprint density at radius 3 is 3.15 bits per heavy atom. The van der Waals surface area contributed by atoms with Gasteiger partial charge in [0.05, 0.1) is 29.3 Å². The molecule has 140 valence electrons. The summed E-state index contributed by atoms with van der Waals surface area (Å²) in [6, 6.07) is 5.87. The first kappa shape index (κ1) is 16.9. The number of carbonyl (C=O) groups is 1. The van der Waals surface area contributed by atoms with Crippen molar-refractivity contribution in [3.63, 3.8) is 0 Å². The number of aromatic nitrogens is 3. The summed E-state index contributed by atoms with van der Waals surface area (Å²) in [6.07, 6.45) is 4.52. The predicted octanol–water partition coefficient (Wildman–Crippen LogP) is 2.10. The highest BCUT2D eigenvalue weighted by Gasteiger charge is 2.40. The van der Waals surface area contributed by atoms with E-state index in [4.69, 9.17) is 4.74 Å². The number of hydrogen-bond donors (Lipinski definition) is 3. The standard InChI is InChI=1S/C19H21N5O2S/c25-18(22-11-14-12-2-1-6-21-17(12)24-23-14)16-10-13-15(27-16)3-9-26-19(13)4-7-20-8-5-19/h1-2,6,10,20H,3-5,7-9,11H2,(H,22,25)(H,21,23,24). The van der Waals surface area contributed by atoms with Crippen LogP contribution in [0.5, 0.6) is 0 Å². The van der Waals surface area contributed by atoms with Crippen LogP contribution >= 0.6 is 11.3 Å². The highest BCUT2D eigenvalue weighted by molar-refractivity contribution is 7.14. The van der Waals surface area contributed by atoms with Gasteiger partial charge in [-0.3, -0.25) is 9.89 Å². The number of piperidine rings is 1. The molecule has 1 saturated heterocycles. The Morgan fingerprint density at radius 1 is 1.37 bits per heavy atom. The van der Waals surface area contributed by atoms with Gasteiger partial charge in [-0.2, -0.15) is 5.10 Å². The predicted molar refractivity (Wildman–Crippen MR) is 103 cm³/mol. The average Bonchev–Trinajstić information content (AvgIpc) is 3.32. The minimum atomic E-state index is -0.209. The lowest BCUT2D eigenvalue weighted by Gasteiger charge is -2.40. The second kappa shape index (κ2) is 6.70. The van der Waals surface area contributed by atoms with Gasteiger partial charge in [-0.05, 0) is 49.7 Å². The van der Waals surface area contributed by atoms with Crippen molar-refractivity contribution in [3.05, 3.63) is 45.4 Å². The number of nitrogens with one attached hydrogen (secondary N) is 3. The minimum Gasteiger partial charge on any atom is -0.370 e. The fourth-order valence-corrected chi connectivity index (χ4v) is 5.21. The number of amides is 1. The molecule has 5 rings (SSSR count). The van der Waals surface area contributed by atoms with Crippen LogP contribution in [0.25, 0.3) is 11.0 Å². The third-order valence-electron chi connectivity index (χ3n) is 5.48. The van der Waals surface area contributed by atoms with E-state index in [2.05, 4.69) is 25.8 Å². The maximum atomic E-state index is 12.8. The first-order valence-corrected chi connectivity index (χ1v) is 10.1. The molecule has 3 N–H and O–H groups in total. The summed E-state index contributed by atoms with van der Waals surface area (Å²) in [5.41, 5.74) is 2.55. The second-order valence-electron chi connectivity index (χ2n) is 7.05. The van der Waals surface area contributed by atoms with Crippen LogP contribution in [-0.2, 0) is 23.3 Å². The van der Waals surface area contributed by atoms with Crippen LogP contribution < -0.4 is 10.6 Å². The van der Waals surface area contributed by atoms with E-state index in [1.54, 1.807) is 17.5 Å². The molecule has 1 spiro atoms. The monoisotopic (exact) mass is 383 g/mol. The molecule has 7 nitrogen and oxygen atoms in total. The minimum absolute atomic E-state index is 0.0508. The van der Waals surface area contributed by atoms with E-state index in [1.165, 1.54) is 10.4 Å². The highest BCUT2D eigenvalue weighted by Crippen LogP contribution is 2.43. The van der Waals surface area contributed by atoms with Gasteiger partial charge >= 0.3 is 0 Å². The largest absolute Gasteiger partial charge is 0.370 e. The molecule has 0 saturated carbocycles. The molecular weight excluding hydrogens is 362 g/mol. The number of fused-ring (bicyclic) bond motifs is 3. The van der Waals surface area contributed by atoms with Crippen LogP contribution in [0.1, 0.15) is 38.6 Å². The number of nitrogens with zero attached hydrogens (tertiary/aromatic N) is 2. The van der Waals surface area contributed by atoms with Crippen LogP contribution in [0.2, 0.25) is 0 Å². The van der Waals surface area contributed by atoms with Crippen molar-refractivity contribution in [1.29, 1.82) is 0 Å². The number of hydrogen-bond acceptors (Lipinski definition) is 6. The molecule has 0 radical (unpaired) electrons. The third-order valence-corrected chi connectivity index (χ3v) is 6.67. The number of carbonyl (C=O) groups excluding carboxylic acids is 1. The van der Waals surface area contributed by atoms with Gasteiger partial charge in [0.1, 0.15) is 0 Å². The van der Waals surface area contributed by atoms with Crippen molar-refractivity contribution in [1.82, 2.24) is 25.8 Å². The van der Waals surface area contributed by atoms with Crippen molar-refractivity contribution < 1.29 is 9.53 Å². The van der Waals surface area contributed by atoms with Crippen LogP contribution in [0.15, 0.2) is 24.4 Å². The van der Waals surface area contributed by atoms with Gasteiger partial charge in [-0.15, -0.1) is 11.3 Å². The number of ether oxygens (including phenoxy) is 1. The normalized spacial score (nSPS) is 18.5. The Bertz CT molecular complexity index is 989. The van der Waals surface area contributed by atoms with E-state index in [0.29, 0.717) is 12.2 Å². The molecule has 27 heavy (non-hydrogen) atoms. The number of H-pyrrole nitrogens is 1. The second-order valence-corrected chi connectivity index (χ2v) is 8.19. The number of thiophene rings is 1. The zero-order valence-corrected chi connectivity index (χ0v) is 15.7. The SMILES string of the molecule is O=C(NCc1[nH]nc2ncccc12)c1cc2c(s1)CCOC21CCNCC1. The van der Waals surface area contributed by atoms with Gasteiger partial charge in [0.15, 0.2) is 5.65 Å². The number of pyridine rings is 1. The van der Waals surface area contributed by atoms with Gasteiger partial charge in [0, 0.05) is 22.9 Å². The zero-order valence-electron chi connectivity index (χ0n) is 14.9. The molecule has 0 bridgehead atoms. The lowest BCUT2D eigenvalue weighted by molar-refractivity contribution is -0.0792. The molecule has 3 aromatic rings. The summed E-state index contributed by atoms with van der Waals surface area (Å²) in [7, 11) is 0. The summed E-state index contributed by atoms with van der Waals surface area (Å²) in [5.74, 6) is -0.0508. The van der Waals surface area contributed by atoms with Crippen molar-refractivity contribution in [3.8, 4) is 0 Å².